The summed E-state index contributed by atoms with van der Waals surface area (Å²) in [4.78, 5) is 24.6. The van der Waals surface area contributed by atoms with Gasteiger partial charge in [0.15, 0.2) is 12.3 Å². The molecule has 0 fully saturated rings. The summed E-state index contributed by atoms with van der Waals surface area (Å²) in [5.41, 5.74) is 2.87. The van der Waals surface area contributed by atoms with Gasteiger partial charge in [0.25, 0.3) is 5.91 Å². The molecule has 0 aliphatic heterocycles. The van der Waals surface area contributed by atoms with Crippen LogP contribution in [0.3, 0.4) is 0 Å². The Morgan fingerprint density at radius 2 is 2.07 bits per heavy atom. The number of amides is 1. The highest BCUT2D eigenvalue weighted by atomic mass is 32.1. The molecule has 7 nitrogen and oxygen atoms in total. The Bertz CT molecular complexity index is 1130. The minimum absolute atomic E-state index is 0.170. The van der Waals surface area contributed by atoms with Crippen molar-refractivity contribution in [3.05, 3.63) is 64.0 Å². The van der Waals surface area contributed by atoms with E-state index >= 15 is 0 Å². The highest BCUT2D eigenvalue weighted by molar-refractivity contribution is 7.14. The summed E-state index contributed by atoms with van der Waals surface area (Å²) in [6.45, 7) is -0.486. The number of anilines is 1. The fourth-order valence-electron chi connectivity index (χ4n) is 3.25. The zero-order valence-electron chi connectivity index (χ0n) is 15.1. The van der Waals surface area contributed by atoms with Crippen LogP contribution in [-0.2, 0) is 22.4 Å². The van der Waals surface area contributed by atoms with Gasteiger partial charge in [-0.1, -0.05) is 0 Å². The van der Waals surface area contributed by atoms with Crippen LogP contribution in [0, 0.1) is 17.1 Å². The molecule has 4 rings (SSSR count). The second-order valence-electron chi connectivity index (χ2n) is 6.42. The second-order valence-corrected chi connectivity index (χ2v) is 7.33. The summed E-state index contributed by atoms with van der Waals surface area (Å²) in [6, 6.07) is 9.43. The molecule has 9 heteroatoms. The number of esters is 1. The third-order valence-electron chi connectivity index (χ3n) is 4.57. The SMILES string of the molecule is N#Cc1ccsc1NC(=O)COC(=O)c1nn(-c2ccc(F)cc2)c2c1CCC2. The third-order valence-corrected chi connectivity index (χ3v) is 5.40. The molecule has 0 unspecified atom stereocenters. The first kappa shape index (κ1) is 18.8. The number of fused-ring (bicyclic) bond motifs is 1. The van der Waals surface area contributed by atoms with Gasteiger partial charge in [0, 0.05) is 11.3 Å². The van der Waals surface area contributed by atoms with Crippen molar-refractivity contribution in [1.29, 1.82) is 5.26 Å². The van der Waals surface area contributed by atoms with Crippen molar-refractivity contribution in [3.8, 4) is 11.8 Å². The fraction of sp³-hybridized carbons (Fsp3) is 0.200. The maximum atomic E-state index is 13.2. The second kappa shape index (κ2) is 7.85. The van der Waals surface area contributed by atoms with E-state index in [1.165, 1.54) is 23.5 Å². The normalized spacial score (nSPS) is 12.3. The van der Waals surface area contributed by atoms with E-state index in [2.05, 4.69) is 10.4 Å². The molecule has 0 saturated carbocycles. The zero-order chi connectivity index (χ0) is 20.4. The van der Waals surface area contributed by atoms with Gasteiger partial charge in [0.1, 0.15) is 16.9 Å². The number of benzene rings is 1. The standard InChI is InChI=1S/C20H15FN4O3S/c21-13-4-6-14(7-5-13)25-16-3-1-2-15(16)18(24-25)20(27)28-11-17(26)23-19-12(10-22)8-9-29-19/h4-9H,1-3,11H2,(H,23,26). The monoisotopic (exact) mass is 410 g/mol. The van der Waals surface area contributed by atoms with Crippen LogP contribution in [0.1, 0.15) is 33.7 Å². The number of thiophene rings is 1. The summed E-state index contributed by atoms with van der Waals surface area (Å²) in [5, 5.41) is 18.0. The van der Waals surface area contributed by atoms with Gasteiger partial charge < -0.3 is 10.1 Å². The summed E-state index contributed by atoms with van der Waals surface area (Å²) in [6.07, 6.45) is 2.32. The maximum absolute atomic E-state index is 13.2. The van der Waals surface area contributed by atoms with E-state index in [-0.39, 0.29) is 11.5 Å². The maximum Gasteiger partial charge on any atom is 0.359 e. The van der Waals surface area contributed by atoms with Crippen LogP contribution in [0.15, 0.2) is 35.7 Å². The summed E-state index contributed by atoms with van der Waals surface area (Å²) < 4.78 is 20.0. The molecular formula is C20H15FN4O3S. The van der Waals surface area contributed by atoms with Gasteiger partial charge in [-0.05, 0) is 55.0 Å². The lowest BCUT2D eigenvalue weighted by Gasteiger charge is -2.06. The predicted octanol–water partition coefficient (Wildman–Crippen LogP) is 3.23. The van der Waals surface area contributed by atoms with Crippen molar-refractivity contribution in [1.82, 2.24) is 9.78 Å². The Morgan fingerprint density at radius 1 is 1.28 bits per heavy atom. The molecule has 3 aromatic rings. The number of nitrogens with zero attached hydrogens (tertiary/aromatic N) is 3. The molecule has 1 aliphatic carbocycles. The first-order chi connectivity index (χ1) is 14.1. The lowest BCUT2D eigenvalue weighted by molar-refractivity contribution is -0.119. The van der Waals surface area contributed by atoms with Crippen LogP contribution in [0.2, 0.25) is 0 Å². The fourth-order valence-corrected chi connectivity index (χ4v) is 4.01. The minimum atomic E-state index is -0.689. The molecule has 2 heterocycles. The summed E-state index contributed by atoms with van der Waals surface area (Å²) in [7, 11) is 0. The van der Waals surface area contributed by atoms with E-state index < -0.39 is 18.5 Å². The number of carbonyl (C=O) groups is 2. The van der Waals surface area contributed by atoms with Crippen molar-refractivity contribution in [2.24, 2.45) is 0 Å². The molecule has 0 saturated heterocycles. The van der Waals surface area contributed by atoms with Gasteiger partial charge in [0.05, 0.1) is 11.3 Å². The van der Waals surface area contributed by atoms with Crippen molar-refractivity contribution < 1.29 is 18.7 Å². The number of carbonyl (C=O) groups excluding carboxylic acids is 2. The topological polar surface area (TPSA) is 97.0 Å². The number of aromatic nitrogens is 2. The van der Waals surface area contributed by atoms with E-state index in [0.29, 0.717) is 22.7 Å². The number of ether oxygens (including phenoxy) is 1. The number of hydrogen-bond donors (Lipinski definition) is 1. The molecule has 0 atom stereocenters. The minimum Gasteiger partial charge on any atom is -0.451 e. The molecule has 146 valence electrons. The lowest BCUT2D eigenvalue weighted by atomic mass is 10.2. The number of hydrogen-bond acceptors (Lipinski definition) is 6. The predicted molar refractivity (Wildman–Crippen MR) is 103 cm³/mol. The molecule has 1 amide bonds. The van der Waals surface area contributed by atoms with E-state index in [1.54, 1.807) is 28.3 Å². The summed E-state index contributed by atoms with van der Waals surface area (Å²) in [5.74, 6) is -1.58. The molecule has 0 radical (unpaired) electrons. The number of nitriles is 1. The molecule has 29 heavy (non-hydrogen) atoms. The van der Waals surface area contributed by atoms with Gasteiger partial charge in [0.2, 0.25) is 0 Å². The van der Waals surface area contributed by atoms with Crippen LogP contribution >= 0.6 is 11.3 Å². The Kier molecular flexibility index (Phi) is 5.10. The lowest BCUT2D eigenvalue weighted by Crippen LogP contribution is -2.21. The highest BCUT2D eigenvalue weighted by Gasteiger charge is 2.28. The summed E-state index contributed by atoms with van der Waals surface area (Å²) >= 11 is 1.21. The largest absolute Gasteiger partial charge is 0.451 e. The van der Waals surface area contributed by atoms with Gasteiger partial charge in [-0.2, -0.15) is 10.4 Å². The van der Waals surface area contributed by atoms with Crippen LogP contribution in [0.25, 0.3) is 5.69 Å². The van der Waals surface area contributed by atoms with Crippen LogP contribution in [-0.4, -0.2) is 28.3 Å². The molecule has 0 bridgehead atoms. The van der Waals surface area contributed by atoms with Crippen molar-refractivity contribution in [2.75, 3.05) is 11.9 Å². The van der Waals surface area contributed by atoms with Gasteiger partial charge in [-0.3, -0.25) is 4.79 Å². The van der Waals surface area contributed by atoms with Gasteiger partial charge in [-0.25, -0.2) is 13.9 Å². The van der Waals surface area contributed by atoms with Crippen LogP contribution < -0.4 is 5.32 Å². The van der Waals surface area contributed by atoms with E-state index in [9.17, 15) is 14.0 Å². The smallest absolute Gasteiger partial charge is 0.359 e. The first-order valence-electron chi connectivity index (χ1n) is 8.88. The molecular weight excluding hydrogens is 395 g/mol. The van der Waals surface area contributed by atoms with Gasteiger partial charge in [-0.15, -0.1) is 11.3 Å². The van der Waals surface area contributed by atoms with Crippen molar-refractivity contribution >= 4 is 28.2 Å². The van der Waals surface area contributed by atoms with Crippen LogP contribution in [0.5, 0.6) is 0 Å². The molecule has 1 N–H and O–H groups in total. The Labute approximate surface area is 169 Å². The number of nitrogens with one attached hydrogen (secondary N) is 1. The first-order valence-corrected chi connectivity index (χ1v) is 9.76. The van der Waals surface area contributed by atoms with Crippen molar-refractivity contribution in [2.45, 2.75) is 19.3 Å². The third kappa shape index (κ3) is 3.75. The average molecular weight is 410 g/mol. The zero-order valence-corrected chi connectivity index (χ0v) is 16.0. The quantitative estimate of drug-likeness (QED) is 0.652. The Morgan fingerprint density at radius 3 is 2.83 bits per heavy atom. The Balaban J connectivity index is 1.48. The molecule has 1 aromatic carbocycles. The average Bonchev–Trinajstić information content (AvgIpc) is 3.43. The number of rotatable bonds is 5. The highest BCUT2D eigenvalue weighted by Crippen LogP contribution is 2.28. The van der Waals surface area contributed by atoms with E-state index in [1.807, 2.05) is 6.07 Å². The van der Waals surface area contributed by atoms with Crippen LogP contribution in [0.4, 0.5) is 9.39 Å². The van der Waals surface area contributed by atoms with E-state index in [0.717, 1.165) is 24.1 Å². The van der Waals surface area contributed by atoms with Gasteiger partial charge >= 0.3 is 5.97 Å². The number of halogens is 1. The molecule has 0 spiro atoms. The molecule has 1 aliphatic rings. The van der Waals surface area contributed by atoms with Crippen molar-refractivity contribution in [3.63, 3.8) is 0 Å². The molecule has 2 aromatic heterocycles. The Hall–Kier alpha value is -3.51. The van der Waals surface area contributed by atoms with E-state index in [4.69, 9.17) is 10.00 Å².